The molecule has 0 saturated carbocycles. The van der Waals surface area contributed by atoms with E-state index in [0.29, 0.717) is 6.42 Å². The maximum Gasteiger partial charge on any atom is 0.252 e. The zero-order valence-electron chi connectivity index (χ0n) is 13.1. The molecule has 1 heterocycles. The molecular weight excluding hydrogens is 293 g/mol. The molecule has 23 heavy (non-hydrogen) atoms. The summed E-state index contributed by atoms with van der Waals surface area (Å²) in [6.45, 7) is 3.79. The molecule has 5 heteroatoms. The van der Waals surface area contributed by atoms with E-state index in [1.54, 1.807) is 4.90 Å². The number of pyridine rings is 1. The van der Waals surface area contributed by atoms with E-state index < -0.39 is 17.3 Å². The van der Waals surface area contributed by atoms with Gasteiger partial charge in [0, 0.05) is 5.69 Å². The lowest BCUT2D eigenvalue weighted by Crippen LogP contribution is -2.43. The molecule has 0 bridgehead atoms. The van der Waals surface area contributed by atoms with Gasteiger partial charge < -0.3 is 10.6 Å². The first-order valence-electron chi connectivity index (χ1n) is 7.21. The van der Waals surface area contributed by atoms with Crippen LogP contribution in [0, 0.1) is 18.2 Å². The van der Waals surface area contributed by atoms with Crippen molar-refractivity contribution in [1.29, 1.82) is 0 Å². The van der Waals surface area contributed by atoms with Crippen LogP contribution in [0.2, 0.25) is 0 Å². The first-order valence-corrected chi connectivity index (χ1v) is 7.21. The van der Waals surface area contributed by atoms with Crippen LogP contribution < -0.4 is 10.6 Å². The summed E-state index contributed by atoms with van der Waals surface area (Å²) in [5.74, 6) is 1.60. The van der Waals surface area contributed by atoms with Crippen molar-refractivity contribution in [2.24, 2.45) is 5.73 Å². The van der Waals surface area contributed by atoms with Crippen molar-refractivity contribution < 1.29 is 9.18 Å². The summed E-state index contributed by atoms with van der Waals surface area (Å²) < 4.78 is 13.5. The van der Waals surface area contributed by atoms with Crippen LogP contribution >= 0.6 is 0 Å². The van der Waals surface area contributed by atoms with E-state index in [-0.39, 0.29) is 11.4 Å². The second-order valence-corrected chi connectivity index (χ2v) is 5.33. The molecule has 0 aliphatic heterocycles. The van der Waals surface area contributed by atoms with Gasteiger partial charge in [0.15, 0.2) is 0 Å². The summed E-state index contributed by atoms with van der Waals surface area (Å²) in [5.41, 5.74) is 5.38. The first-order chi connectivity index (χ1) is 10.9. The molecule has 2 rings (SSSR count). The van der Waals surface area contributed by atoms with Crippen LogP contribution in [0.4, 0.5) is 15.9 Å². The van der Waals surface area contributed by atoms with Crippen LogP contribution in [0.3, 0.4) is 0 Å². The minimum absolute atomic E-state index is 0.0104. The Labute approximate surface area is 135 Å². The molecule has 1 amide bonds. The number of carbonyl (C=O) groups excluding carboxylic acids is 1. The number of para-hydroxylation sites is 1. The van der Waals surface area contributed by atoms with Gasteiger partial charge in [-0.3, -0.25) is 4.79 Å². The second kappa shape index (κ2) is 6.49. The van der Waals surface area contributed by atoms with E-state index in [1.807, 2.05) is 44.2 Å². The van der Waals surface area contributed by atoms with Gasteiger partial charge in [-0.25, -0.2) is 9.37 Å². The molecule has 0 saturated heterocycles. The van der Waals surface area contributed by atoms with Gasteiger partial charge in [0.2, 0.25) is 0 Å². The summed E-state index contributed by atoms with van der Waals surface area (Å²) in [7, 11) is 0. The third kappa shape index (κ3) is 3.16. The third-order valence-electron chi connectivity index (χ3n) is 3.82. The summed E-state index contributed by atoms with van der Waals surface area (Å²) in [5, 5.41) is 0. The molecule has 1 atom stereocenters. The van der Waals surface area contributed by atoms with Crippen molar-refractivity contribution in [2.45, 2.75) is 25.8 Å². The summed E-state index contributed by atoms with van der Waals surface area (Å²) in [4.78, 5) is 17.6. The summed E-state index contributed by atoms with van der Waals surface area (Å²) >= 11 is 0. The zero-order valence-corrected chi connectivity index (χ0v) is 13.1. The number of halogens is 1. The Morgan fingerprint density at radius 1 is 1.43 bits per heavy atom. The molecule has 4 nitrogen and oxygen atoms in total. The second-order valence-electron chi connectivity index (χ2n) is 5.33. The number of primary amides is 1. The van der Waals surface area contributed by atoms with Crippen LogP contribution in [0.1, 0.15) is 30.6 Å². The van der Waals surface area contributed by atoms with E-state index in [1.165, 1.54) is 0 Å². The predicted molar refractivity (Wildman–Crippen MR) is 88.8 cm³/mol. The van der Waals surface area contributed by atoms with Crippen LogP contribution in [0.25, 0.3) is 0 Å². The van der Waals surface area contributed by atoms with Crippen LogP contribution in [0.15, 0.2) is 42.6 Å². The molecule has 2 aromatic rings. The van der Waals surface area contributed by atoms with Crippen LogP contribution in [0.5, 0.6) is 0 Å². The van der Waals surface area contributed by atoms with E-state index >= 15 is 0 Å². The van der Waals surface area contributed by atoms with Gasteiger partial charge in [0.1, 0.15) is 17.2 Å². The van der Waals surface area contributed by atoms with E-state index in [4.69, 9.17) is 12.2 Å². The number of anilines is 2. The number of nitrogens with two attached hydrogens (primary N) is 1. The molecule has 1 unspecified atom stereocenters. The number of benzene rings is 1. The monoisotopic (exact) mass is 311 g/mol. The lowest BCUT2D eigenvalue weighted by molar-refractivity contribution is 0.1000. The van der Waals surface area contributed by atoms with E-state index in [2.05, 4.69) is 10.9 Å². The SMILES string of the molecule is C#CC(C)(CC)N(c1ccccc1)c1ncc(F)cc1C(N)=O. The maximum atomic E-state index is 13.5. The van der Waals surface area contributed by atoms with Crippen molar-refractivity contribution in [3.05, 3.63) is 54.0 Å². The topological polar surface area (TPSA) is 59.2 Å². The van der Waals surface area contributed by atoms with Gasteiger partial charge in [0.05, 0.1) is 11.8 Å². The van der Waals surface area contributed by atoms with Gasteiger partial charge in [-0.05, 0) is 31.5 Å². The predicted octanol–water partition coefficient (Wildman–Crippen LogP) is 3.26. The Kier molecular flexibility index (Phi) is 4.65. The average Bonchev–Trinajstić information content (AvgIpc) is 2.57. The Morgan fingerprint density at radius 3 is 2.61 bits per heavy atom. The first kappa shape index (κ1) is 16.5. The van der Waals surface area contributed by atoms with Gasteiger partial charge >= 0.3 is 0 Å². The Bertz CT molecular complexity index is 755. The highest BCUT2D eigenvalue weighted by atomic mass is 19.1. The van der Waals surface area contributed by atoms with Crippen molar-refractivity contribution in [3.8, 4) is 12.3 Å². The molecule has 0 aliphatic rings. The molecule has 2 N–H and O–H groups in total. The average molecular weight is 311 g/mol. The van der Waals surface area contributed by atoms with Crippen LogP contribution in [-0.4, -0.2) is 16.4 Å². The Hall–Kier alpha value is -2.87. The lowest BCUT2D eigenvalue weighted by Gasteiger charge is -2.38. The molecule has 1 aromatic carbocycles. The number of terminal acetylenes is 1. The fraction of sp³-hybridized carbons (Fsp3) is 0.222. The lowest BCUT2D eigenvalue weighted by atomic mass is 9.95. The number of carbonyl (C=O) groups is 1. The summed E-state index contributed by atoms with van der Waals surface area (Å²) in [6, 6.07) is 10.3. The third-order valence-corrected chi connectivity index (χ3v) is 3.82. The molecule has 0 fully saturated rings. The Balaban J connectivity index is 2.74. The van der Waals surface area contributed by atoms with Crippen LogP contribution in [-0.2, 0) is 0 Å². The standard InChI is InChI=1S/C18H18FN3O/c1-4-18(3,5-2)22(14-9-7-6-8-10-14)17-15(16(20)23)11-13(19)12-21-17/h1,6-12H,5H2,2-3H3,(H2,20,23). The maximum absolute atomic E-state index is 13.5. The molecular formula is C18H18FN3O. The number of aromatic nitrogens is 1. The number of amides is 1. The van der Waals surface area contributed by atoms with Crippen molar-refractivity contribution in [1.82, 2.24) is 4.98 Å². The molecule has 1 aromatic heterocycles. The van der Waals surface area contributed by atoms with Crippen molar-refractivity contribution >= 4 is 17.4 Å². The molecule has 0 radical (unpaired) electrons. The normalized spacial score (nSPS) is 13.0. The zero-order chi connectivity index (χ0) is 17.0. The number of hydrogen-bond acceptors (Lipinski definition) is 3. The molecule has 118 valence electrons. The van der Waals surface area contributed by atoms with Gasteiger partial charge in [0.25, 0.3) is 5.91 Å². The van der Waals surface area contributed by atoms with Gasteiger partial charge in [-0.1, -0.05) is 31.0 Å². The highest BCUT2D eigenvalue weighted by molar-refractivity contribution is 5.98. The highest BCUT2D eigenvalue weighted by Crippen LogP contribution is 2.35. The Morgan fingerprint density at radius 2 is 2.09 bits per heavy atom. The number of hydrogen-bond donors (Lipinski definition) is 1. The minimum Gasteiger partial charge on any atom is -0.365 e. The largest absolute Gasteiger partial charge is 0.365 e. The minimum atomic E-state index is -0.761. The molecule has 0 aliphatic carbocycles. The number of nitrogens with zero attached hydrogens (tertiary/aromatic N) is 2. The fourth-order valence-corrected chi connectivity index (χ4v) is 2.33. The van der Waals surface area contributed by atoms with Crippen molar-refractivity contribution in [3.63, 3.8) is 0 Å². The molecule has 0 spiro atoms. The van der Waals surface area contributed by atoms with E-state index in [9.17, 15) is 9.18 Å². The quantitative estimate of drug-likeness (QED) is 0.862. The van der Waals surface area contributed by atoms with Gasteiger partial charge in [-0.2, -0.15) is 0 Å². The smallest absolute Gasteiger partial charge is 0.252 e. The van der Waals surface area contributed by atoms with Gasteiger partial charge in [-0.15, -0.1) is 6.42 Å². The summed E-state index contributed by atoms with van der Waals surface area (Å²) in [6.07, 6.45) is 7.38. The van der Waals surface area contributed by atoms with E-state index in [0.717, 1.165) is 18.0 Å². The fourth-order valence-electron chi connectivity index (χ4n) is 2.33. The highest BCUT2D eigenvalue weighted by Gasteiger charge is 2.33. The van der Waals surface area contributed by atoms with Crippen molar-refractivity contribution in [2.75, 3.05) is 4.90 Å². The number of rotatable bonds is 5.